The number of carboxylic acids is 4. The topological polar surface area (TPSA) is 156 Å². The third-order valence-electron chi connectivity index (χ3n) is 4.85. The Hall–Kier alpha value is -1.72. The van der Waals surface area contributed by atoms with Crippen molar-refractivity contribution in [1.29, 1.82) is 0 Å². The first kappa shape index (κ1) is 32.9. The van der Waals surface area contributed by atoms with Gasteiger partial charge in [-0.2, -0.15) is 0 Å². The molecule has 0 aromatic rings. The van der Waals surface area contributed by atoms with Crippen molar-refractivity contribution in [2.45, 2.75) is 27.7 Å². The number of carbonyl (C=O) groups is 4. The molecule has 0 saturated heterocycles. The Morgan fingerprint density at radius 3 is 0.867 bits per heavy atom. The van der Waals surface area contributed by atoms with Crippen molar-refractivity contribution in [1.82, 2.24) is 9.80 Å². The molecule has 0 atom stereocenters. The van der Waals surface area contributed by atoms with Crippen LogP contribution in [0.5, 0.6) is 0 Å². The van der Waals surface area contributed by atoms with Gasteiger partial charge in [0.25, 0.3) is 0 Å². The number of rotatable bonds is 15. The number of hydrogen-bond donors (Lipinski definition) is 4. The summed E-state index contributed by atoms with van der Waals surface area (Å²) in [7, 11) is 0. The van der Waals surface area contributed by atoms with Gasteiger partial charge in [0.15, 0.2) is 0 Å². The summed E-state index contributed by atoms with van der Waals surface area (Å²) >= 11 is 0. The quantitative estimate of drug-likeness (QED) is 0.184. The summed E-state index contributed by atoms with van der Waals surface area (Å²) in [4.78, 5) is 44.4. The number of aliphatic carboxylic acids is 4. The van der Waals surface area contributed by atoms with Crippen LogP contribution in [0, 0.1) is 0 Å². The molecule has 11 nitrogen and oxygen atoms in total. The molecule has 0 saturated carbocycles. The fourth-order valence-corrected chi connectivity index (χ4v) is 2.82. The van der Waals surface area contributed by atoms with Crippen LogP contribution in [-0.2, 0) is 36.2 Å². The minimum absolute atomic E-state index is 0. The van der Waals surface area contributed by atoms with E-state index in [1.54, 1.807) is 0 Å². The molecule has 0 rings (SSSR count). The zero-order valence-electron chi connectivity index (χ0n) is 18.2. The second-order valence-corrected chi connectivity index (χ2v) is 6.60. The average molecular weight is 478 g/mol. The fourth-order valence-electron chi connectivity index (χ4n) is 2.82. The van der Waals surface area contributed by atoms with Crippen LogP contribution < -0.4 is 0 Å². The van der Waals surface area contributed by atoms with Crippen LogP contribution in [-0.4, -0.2) is 124 Å². The van der Waals surface area contributed by atoms with Gasteiger partial charge in [-0.3, -0.25) is 29.0 Å². The molecule has 0 amide bonds. The molecule has 0 bridgehead atoms. The van der Waals surface area contributed by atoms with Crippen molar-refractivity contribution in [3.05, 3.63) is 0 Å². The van der Waals surface area contributed by atoms with E-state index in [1.165, 1.54) is 30.7 Å². The van der Waals surface area contributed by atoms with E-state index in [1.807, 2.05) is 0 Å². The molecule has 0 heterocycles. The average Bonchev–Trinajstić information content (AvgIpc) is 2.60. The van der Waals surface area contributed by atoms with E-state index in [2.05, 4.69) is 27.7 Å². The van der Waals surface area contributed by atoms with Gasteiger partial charge < -0.3 is 24.9 Å². The summed E-state index contributed by atoms with van der Waals surface area (Å²) in [6.07, 6.45) is 0. The SMILES string of the molecule is CC[N+](CC)(CC)CC.O=C(O)CN(CCN(CC(=O)O)CC(=O)O)CC(=O)O.[Fe]. The molecule has 0 radical (unpaired) electrons. The van der Waals surface area contributed by atoms with Gasteiger partial charge in [0.05, 0.1) is 52.4 Å². The van der Waals surface area contributed by atoms with Crippen molar-refractivity contribution < 1.29 is 61.2 Å². The molecule has 0 aliphatic carbocycles. The van der Waals surface area contributed by atoms with E-state index < -0.39 is 50.1 Å². The predicted octanol–water partition coefficient (Wildman–Crippen LogP) is -0.191. The van der Waals surface area contributed by atoms with Crippen LogP contribution in [0.3, 0.4) is 0 Å². The molecule has 0 aromatic carbocycles. The van der Waals surface area contributed by atoms with E-state index in [-0.39, 0.29) is 30.2 Å². The van der Waals surface area contributed by atoms with E-state index >= 15 is 0 Å². The minimum Gasteiger partial charge on any atom is -0.480 e. The van der Waals surface area contributed by atoms with E-state index in [9.17, 15) is 19.2 Å². The minimum atomic E-state index is -1.23. The van der Waals surface area contributed by atoms with Crippen molar-refractivity contribution in [3.63, 3.8) is 0 Å². The Bertz CT molecular complexity index is 444. The van der Waals surface area contributed by atoms with Gasteiger partial charge in [-0.25, -0.2) is 0 Å². The number of carboxylic acid groups (broad SMARTS) is 4. The second kappa shape index (κ2) is 18.1. The number of hydrogen-bond acceptors (Lipinski definition) is 6. The first-order valence-corrected chi connectivity index (χ1v) is 9.62. The molecule has 4 N–H and O–H groups in total. The van der Waals surface area contributed by atoms with Crippen molar-refractivity contribution in [2.24, 2.45) is 0 Å². The maximum Gasteiger partial charge on any atom is 0.317 e. The molecular weight excluding hydrogens is 442 g/mol. The van der Waals surface area contributed by atoms with E-state index in [0.29, 0.717) is 0 Å². The van der Waals surface area contributed by atoms with Crippen molar-refractivity contribution in [3.8, 4) is 0 Å². The molecule has 12 heteroatoms. The molecule has 0 spiro atoms. The van der Waals surface area contributed by atoms with Gasteiger partial charge in [-0.05, 0) is 27.7 Å². The van der Waals surface area contributed by atoms with Crippen molar-refractivity contribution >= 4 is 23.9 Å². The van der Waals surface area contributed by atoms with E-state index in [4.69, 9.17) is 20.4 Å². The molecular formula is C18H36FeN3O8+. The largest absolute Gasteiger partial charge is 0.480 e. The first-order valence-electron chi connectivity index (χ1n) is 9.62. The summed E-state index contributed by atoms with van der Waals surface area (Å²) in [6.45, 7) is 12.0. The van der Waals surface area contributed by atoms with E-state index in [0.717, 1.165) is 9.80 Å². The first-order chi connectivity index (χ1) is 13.4. The molecule has 178 valence electrons. The second-order valence-electron chi connectivity index (χ2n) is 6.60. The fraction of sp³-hybridized carbons (Fsp3) is 0.778. The van der Waals surface area contributed by atoms with Gasteiger partial charge >= 0.3 is 23.9 Å². The van der Waals surface area contributed by atoms with Crippen LogP contribution >= 0.6 is 0 Å². The summed E-state index contributed by atoms with van der Waals surface area (Å²) < 4.78 is 1.28. The monoisotopic (exact) mass is 478 g/mol. The third kappa shape index (κ3) is 17.2. The number of quaternary nitrogens is 1. The molecule has 0 fully saturated rings. The van der Waals surface area contributed by atoms with Crippen LogP contribution in [0.2, 0.25) is 0 Å². The summed E-state index contributed by atoms with van der Waals surface area (Å²) in [5.74, 6) is -4.91. The van der Waals surface area contributed by atoms with Gasteiger partial charge in [0.2, 0.25) is 0 Å². The Balaban J connectivity index is -0.000000616. The maximum atomic E-state index is 10.6. The van der Waals surface area contributed by atoms with Gasteiger partial charge in [0, 0.05) is 30.2 Å². The zero-order valence-corrected chi connectivity index (χ0v) is 19.3. The third-order valence-corrected chi connectivity index (χ3v) is 4.85. The Morgan fingerprint density at radius 1 is 0.567 bits per heavy atom. The van der Waals surface area contributed by atoms with Crippen molar-refractivity contribution in [2.75, 3.05) is 65.4 Å². The van der Waals surface area contributed by atoms with Crippen LogP contribution in [0.15, 0.2) is 0 Å². The number of nitrogens with zero attached hydrogens (tertiary/aromatic N) is 3. The smallest absolute Gasteiger partial charge is 0.317 e. The van der Waals surface area contributed by atoms with Crippen LogP contribution in [0.25, 0.3) is 0 Å². The van der Waals surface area contributed by atoms with Gasteiger partial charge in [-0.15, -0.1) is 0 Å². The zero-order chi connectivity index (χ0) is 23.0. The Morgan fingerprint density at radius 2 is 0.767 bits per heavy atom. The molecule has 0 aromatic heterocycles. The Kier molecular flexibility index (Phi) is 19.8. The Labute approximate surface area is 188 Å². The van der Waals surface area contributed by atoms with Gasteiger partial charge in [-0.1, -0.05) is 0 Å². The molecule has 0 aliphatic rings. The summed E-state index contributed by atoms with van der Waals surface area (Å²) in [5.41, 5.74) is 0. The normalized spacial score (nSPS) is 10.7. The molecule has 0 aliphatic heterocycles. The van der Waals surface area contributed by atoms with Crippen LogP contribution in [0.1, 0.15) is 27.7 Å². The maximum absolute atomic E-state index is 10.6. The predicted molar refractivity (Wildman–Crippen MR) is 106 cm³/mol. The standard InChI is InChI=1S/C10H16N2O8.C8H20N.Fe/c13-7(14)3-11(4-8(15)16)1-2-12(5-9(17)18)6-10(19)20;1-5-9(6-2,7-3)8-4;/h1-6H2,(H,13,14)(H,15,16)(H,17,18)(H,19,20);5-8H2,1-4H3;/q;+1;. The van der Waals surface area contributed by atoms with Crippen LogP contribution in [0.4, 0.5) is 0 Å². The summed E-state index contributed by atoms with van der Waals surface area (Å²) in [6, 6.07) is 0. The molecule has 0 unspecified atom stereocenters. The molecule has 30 heavy (non-hydrogen) atoms. The van der Waals surface area contributed by atoms with Gasteiger partial charge in [0.1, 0.15) is 0 Å². The summed E-state index contributed by atoms with van der Waals surface area (Å²) in [5, 5.41) is 34.5.